The molecule has 1 aliphatic heterocycles. The molecule has 2 aliphatic rings. The maximum Gasteiger partial charge on any atom is 0.314 e. The van der Waals surface area contributed by atoms with Gasteiger partial charge in [0, 0.05) is 35.3 Å². The molecule has 1 aliphatic carbocycles. The number of ether oxygens (including phenoxy) is 2. The number of hydrogen-bond acceptors (Lipinski definition) is 4. The van der Waals surface area contributed by atoms with Crippen molar-refractivity contribution in [3.8, 4) is 11.5 Å². The topological polar surface area (TPSA) is 57.5 Å². The number of carbonyl (C=O) groups excluding carboxylic acids is 2. The predicted molar refractivity (Wildman–Crippen MR) is 105 cm³/mol. The molecule has 0 radical (unpaired) electrons. The molecule has 0 unspecified atom stereocenters. The normalized spacial score (nSPS) is 17.0. The van der Waals surface area contributed by atoms with Gasteiger partial charge >= 0.3 is 5.97 Å². The summed E-state index contributed by atoms with van der Waals surface area (Å²) in [4.78, 5) is 24.6. The van der Waals surface area contributed by atoms with Crippen LogP contribution in [0.5, 0.6) is 11.5 Å². The van der Waals surface area contributed by atoms with Gasteiger partial charge in [-0.05, 0) is 44.0 Å². The number of hydrogen-bond donors (Lipinski definition) is 0. The molecule has 0 spiro atoms. The van der Waals surface area contributed by atoms with Crippen LogP contribution in [0.25, 0.3) is 17.0 Å². The average Bonchev–Trinajstić information content (AvgIpc) is 3.44. The average molecular weight is 373 g/mol. The van der Waals surface area contributed by atoms with Crippen molar-refractivity contribution in [2.45, 2.75) is 26.3 Å². The molecule has 1 fully saturated rings. The SMILES string of the molecule is CCn1cc(/C=C2/Oc3cc(OC(=O)C4CC4)ccc3C2=O)c2ccccc21. The standard InChI is InChI=1S/C23H19NO4/c1-2-24-13-15(17-5-3-4-6-19(17)24)11-21-22(25)18-10-9-16(12-20(18)28-21)27-23(26)14-7-8-14/h3-6,9-14H,2,7-8H2,1H3/b21-11+. The van der Waals surface area contributed by atoms with Crippen molar-refractivity contribution in [3.63, 3.8) is 0 Å². The van der Waals surface area contributed by atoms with E-state index in [0.717, 1.165) is 35.9 Å². The highest BCUT2D eigenvalue weighted by Crippen LogP contribution is 2.37. The Morgan fingerprint density at radius 3 is 2.86 bits per heavy atom. The van der Waals surface area contributed by atoms with Crippen molar-refractivity contribution in [2.24, 2.45) is 5.92 Å². The van der Waals surface area contributed by atoms with E-state index in [9.17, 15) is 9.59 Å². The molecule has 3 aromatic rings. The third kappa shape index (κ3) is 2.80. The number of rotatable bonds is 4. The number of para-hydroxylation sites is 1. The summed E-state index contributed by atoms with van der Waals surface area (Å²) in [6.45, 7) is 2.93. The Labute approximate surface area is 162 Å². The van der Waals surface area contributed by atoms with Gasteiger partial charge in [-0.3, -0.25) is 9.59 Å². The van der Waals surface area contributed by atoms with E-state index in [1.54, 1.807) is 24.3 Å². The number of fused-ring (bicyclic) bond motifs is 2. The Morgan fingerprint density at radius 2 is 2.07 bits per heavy atom. The van der Waals surface area contributed by atoms with Gasteiger partial charge in [-0.15, -0.1) is 0 Å². The highest BCUT2D eigenvalue weighted by Gasteiger charge is 2.33. The first kappa shape index (κ1) is 16.8. The van der Waals surface area contributed by atoms with Crippen molar-refractivity contribution in [2.75, 3.05) is 0 Å². The fourth-order valence-corrected chi connectivity index (χ4v) is 3.54. The maximum atomic E-state index is 12.8. The number of allylic oxidation sites excluding steroid dienone is 1. The lowest BCUT2D eigenvalue weighted by Gasteiger charge is -2.04. The number of aryl methyl sites for hydroxylation is 1. The minimum absolute atomic E-state index is 0.0159. The molecule has 0 N–H and O–H groups in total. The zero-order chi connectivity index (χ0) is 19.3. The summed E-state index contributed by atoms with van der Waals surface area (Å²) in [5.41, 5.74) is 2.54. The van der Waals surface area contributed by atoms with Gasteiger partial charge in [-0.2, -0.15) is 0 Å². The zero-order valence-corrected chi connectivity index (χ0v) is 15.5. The molecule has 2 heterocycles. The molecule has 5 nitrogen and oxygen atoms in total. The monoisotopic (exact) mass is 373 g/mol. The number of Topliss-reactive ketones (excluding diaryl/α,β-unsaturated/α-hetero) is 1. The zero-order valence-electron chi connectivity index (χ0n) is 15.5. The molecule has 0 atom stereocenters. The van der Waals surface area contributed by atoms with Crippen LogP contribution >= 0.6 is 0 Å². The predicted octanol–water partition coefficient (Wildman–Crippen LogP) is 4.59. The largest absolute Gasteiger partial charge is 0.452 e. The van der Waals surface area contributed by atoms with E-state index in [-0.39, 0.29) is 23.4 Å². The van der Waals surface area contributed by atoms with Gasteiger partial charge in [0.15, 0.2) is 5.76 Å². The molecular weight excluding hydrogens is 354 g/mol. The van der Waals surface area contributed by atoms with Gasteiger partial charge < -0.3 is 14.0 Å². The van der Waals surface area contributed by atoms with Crippen molar-refractivity contribution < 1.29 is 19.1 Å². The summed E-state index contributed by atoms with van der Waals surface area (Å²) in [7, 11) is 0. The number of benzene rings is 2. The number of aromatic nitrogens is 1. The van der Waals surface area contributed by atoms with Crippen LogP contribution in [0.15, 0.2) is 54.4 Å². The van der Waals surface area contributed by atoms with Crippen molar-refractivity contribution in [3.05, 3.63) is 65.5 Å². The molecule has 1 aromatic heterocycles. The van der Waals surface area contributed by atoms with E-state index in [4.69, 9.17) is 9.47 Å². The van der Waals surface area contributed by atoms with Gasteiger partial charge in [0.2, 0.25) is 5.78 Å². The highest BCUT2D eigenvalue weighted by molar-refractivity contribution is 6.15. The summed E-state index contributed by atoms with van der Waals surface area (Å²) in [6, 6.07) is 13.0. The van der Waals surface area contributed by atoms with Crippen LogP contribution in [0.4, 0.5) is 0 Å². The molecule has 1 saturated carbocycles. The van der Waals surface area contributed by atoms with Crippen molar-refractivity contribution in [1.82, 2.24) is 4.57 Å². The van der Waals surface area contributed by atoms with Crippen molar-refractivity contribution in [1.29, 1.82) is 0 Å². The summed E-state index contributed by atoms with van der Waals surface area (Å²) in [5, 5.41) is 1.07. The van der Waals surface area contributed by atoms with Crippen LogP contribution in [-0.4, -0.2) is 16.3 Å². The number of ketones is 1. The van der Waals surface area contributed by atoms with E-state index in [2.05, 4.69) is 17.6 Å². The van der Waals surface area contributed by atoms with E-state index in [1.165, 1.54) is 0 Å². The van der Waals surface area contributed by atoms with Crippen LogP contribution in [0, 0.1) is 5.92 Å². The molecule has 0 bridgehead atoms. The second-order valence-corrected chi connectivity index (χ2v) is 7.18. The first-order valence-corrected chi connectivity index (χ1v) is 9.52. The van der Waals surface area contributed by atoms with Gasteiger partial charge in [0.05, 0.1) is 11.5 Å². The van der Waals surface area contributed by atoms with Gasteiger partial charge in [0.1, 0.15) is 11.5 Å². The summed E-state index contributed by atoms with van der Waals surface area (Å²) in [6.07, 6.45) is 5.58. The number of nitrogens with zero attached hydrogens (tertiary/aromatic N) is 1. The smallest absolute Gasteiger partial charge is 0.314 e. The Morgan fingerprint density at radius 1 is 1.25 bits per heavy atom. The fraction of sp³-hybridized carbons (Fsp3) is 0.217. The Hall–Kier alpha value is -3.34. The quantitative estimate of drug-likeness (QED) is 0.381. The molecular formula is C23H19NO4. The second-order valence-electron chi connectivity index (χ2n) is 7.18. The Kier molecular flexibility index (Phi) is 3.83. The van der Waals surface area contributed by atoms with Crippen LogP contribution < -0.4 is 9.47 Å². The van der Waals surface area contributed by atoms with Crippen molar-refractivity contribution >= 4 is 28.7 Å². The van der Waals surface area contributed by atoms with Crippen LogP contribution in [0.1, 0.15) is 35.7 Å². The minimum Gasteiger partial charge on any atom is -0.452 e. The summed E-state index contributed by atoms with van der Waals surface area (Å²) in [5.74, 6) is 0.751. The first-order chi connectivity index (χ1) is 13.6. The minimum atomic E-state index is -0.215. The Bertz CT molecular complexity index is 1150. The molecule has 28 heavy (non-hydrogen) atoms. The molecule has 140 valence electrons. The third-order valence-corrected chi connectivity index (χ3v) is 5.22. The molecule has 2 aromatic carbocycles. The lowest BCUT2D eigenvalue weighted by atomic mass is 10.1. The van der Waals surface area contributed by atoms with Gasteiger partial charge in [-0.1, -0.05) is 18.2 Å². The van der Waals surface area contributed by atoms with E-state index in [0.29, 0.717) is 17.1 Å². The molecule has 5 heteroatoms. The second kappa shape index (κ2) is 6.37. The van der Waals surface area contributed by atoms with Crippen LogP contribution in [-0.2, 0) is 11.3 Å². The Balaban J connectivity index is 1.47. The molecule has 5 rings (SSSR count). The number of esters is 1. The molecule has 0 amide bonds. The van der Waals surface area contributed by atoms with Crippen LogP contribution in [0.3, 0.4) is 0 Å². The van der Waals surface area contributed by atoms with Gasteiger partial charge in [-0.25, -0.2) is 0 Å². The highest BCUT2D eigenvalue weighted by atomic mass is 16.5. The van der Waals surface area contributed by atoms with E-state index in [1.807, 2.05) is 24.4 Å². The fourth-order valence-electron chi connectivity index (χ4n) is 3.54. The van der Waals surface area contributed by atoms with Gasteiger partial charge in [0.25, 0.3) is 0 Å². The lowest BCUT2D eigenvalue weighted by molar-refractivity contribution is -0.135. The molecule has 0 saturated heterocycles. The van der Waals surface area contributed by atoms with E-state index >= 15 is 0 Å². The third-order valence-electron chi connectivity index (χ3n) is 5.22. The van der Waals surface area contributed by atoms with E-state index < -0.39 is 0 Å². The van der Waals surface area contributed by atoms with Crippen LogP contribution in [0.2, 0.25) is 0 Å². The number of carbonyl (C=O) groups is 2. The lowest BCUT2D eigenvalue weighted by Crippen LogP contribution is -2.09. The maximum absolute atomic E-state index is 12.8. The summed E-state index contributed by atoms with van der Waals surface area (Å²) >= 11 is 0. The first-order valence-electron chi connectivity index (χ1n) is 9.52. The summed E-state index contributed by atoms with van der Waals surface area (Å²) < 4.78 is 13.3.